The van der Waals surface area contributed by atoms with E-state index in [-0.39, 0.29) is 5.91 Å². The van der Waals surface area contributed by atoms with Gasteiger partial charge in [0.25, 0.3) is 0 Å². The SMILES string of the molecule is COc1ccc(CSCOc2ccc(CC(=O)Nc3c(SC)cc(C)nc3SC)cc2)cc1. The Balaban J connectivity index is 1.48. The van der Waals surface area contributed by atoms with Crippen molar-refractivity contribution in [1.29, 1.82) is 0 Å². The minimum Gasteiger partial charge on any atom is -0.497 e. The lowest BCUT2D eigenvalue weighted by molar-refractivity contribution is -0.115. The number of hydrogen-bond acceptors (Lipinski definition) is 7. The monoisotopic (exact) mass is 500 g/mol. The highest BCUT2D eigenvalue weighted by Crippen LogP contribution is 2.33. The average molecular weight is 501 g/mol. The van der Waals surface area contributed by atoms with Gasteiger partial charge in [0, 0.05) is 16.3 Å². The fourth-order valence-corrected chi connectivity index (χ4v) is 5.14. The summed E-state index contributed by atoms with van der Waals surface area (Å²) in [6.45, 7) is 1.96. The fraction of sp³-hybridized carbons (Fsp3) is 0.280. The number of pyridine rings is 1. The van der Waals surface area contributed by atoms with Crippen LogP contribution in [0.4, 0.5) is 5.69 Å². The summed E-state index contributed by atoms with van der Waals surface area (Å²) in [6.07, 6.45) is 4.26. The Morgan fingerprint density at radius 1 is 0.970 bits per heavy atom. The normalized spacial score (nSPS) is 10.7. The highest BCUT2D eigenvalue weighted by molar-refractivity contribution is 7.99. The van der Waals surface area contributed by atoms with Crippen LogP contribution in [-0.4, -0.2) is 36.5 Å². The first-order valence-corrected chi connectivity index (χ1v) is 13.9. The van der Waals surface area contributed by atoms with E-state index in [1.54, 1.807) is 30.6 Å². The number of carbonyl (C=O) groups is 1. The van der Waals surface area contributed by atoms with Crippen molar-refractivity contribution in [1.82, 2.24) is 4.98 Å². The summed E-state index contributed by atoms with van der Waals surface area (Å²) in [5.41, 5.74) is 3.89. The standard InChI is InChI=1S/C25H28N2O3S3/c1-17-13-22(31-3)24(25(26-17)32-4)27-23(28)14-18-5-11-21(12-6-18)30-16-33-15-19-7-9-20(29-2)10-8-19/h5-13H,14-16H2,1-4H3,(H,27,28). The first-order valence-electron chi connectivity index (χ1n) is 10.3. The number of aryl methyl sites for hydroxylation is 1. The average Bonchev–Trinajstić information content (AvgIpc) is 2.84. The number of nitrogens with zero attached hydrogens (tertiary/aromatic N) is 1. The zero-order valence-corrected chi connectivity index (χ0v) is 21.7. The lowest BCUT2D eigenvalue weighted by Gasteiger charge is -2.14. The number of benzene rings is 2. The van der Waals surface area contributed by atoms with E-state index in [2.05, 4.69) is 22.4 Å². The smallest absolute Gasteiger partial charge is 0.228 e. The first-order chi connectivity index (χ1) is 16.0. The van der Waals surface area contributed by atoms with E-state index >= 15 is 0 Å². The molecule has 0 aliphatic heterocycles. The third-order valence-electron chi connectivity index (χ3n) is 4.78. The number of amides is 1. The van der Waals surface area contributed by atoms with E-state index in [1.165, 1.54) is 17.3 Å². The van der Waals surface area contributed by atoms with Gasteiger partial charge in [0.2, 0.25) is 5.91 Å². The molecule has 33 heavy (non-hydrogen) atoms. The highest BCUT2D eigenvalue weighted by Gasteiger charge is 2.14. The summed E-state index contributed by atoms with van der Waals surface area (Å²) in [4.78, 5) is 18.2. The lowest BCUT2D eigenvalue weighted by atomic mass is 10.1. The van der Waals surface area contributed by atoms with Gasteiger partial charge in [-0.2, -0.15) is 0 Å². The van der Waals surface area contributed by atoms with Crippen LogP contribution in [0.2, 0.25) is 0 Å². The van der Waals surface area contributed by atoms with Crippen molar-refractivity contribution < 1.29 is 14.3 Å². The van der Waals surface area contributed by atoms with E-state index < -0.39 is 0 Å². The molecule has 5 nitrogen and oxygen atoms in total. The Bertz CT molecular complexity index is 1030. The van der Waals surface area contributed by atoms with Crippen molar-refractivity contribution in [2.24, 2.45) is 0 Å². The molecule has 0 unspecified atom stereocenters. The third kappa shape index (κ3) is 7.62. The maximum atomic E-state index is 12.7. The van der Waals surface area contributed by atoms with Crippen LogP contribution in [0, 0.1) is 6.92 Å². The zero-order valence-electron chi connectivity index (χ0n) is 19.2. The molecule has 0 saturated carbocycles. The van der Waals surface area contributed by atoms with E-state index in [4.69, 9.17) is 9.47 Å². The van der Waals surface area contributed by atoms with Gasteiger partial charge in [-0.15, -0.1) is 35.3 Å². The molecule has 0 aliphatic carbocycles. The summed E-state index contributed by atoms with van der Waals surface area (Å²) in [5, 5.41) is 3.89. The van der Waals surface area contributed by atoms with Crippen LogP contribution in [0.1, 0.15) is 16.8 Å². The molecule has 0 bridgehead atoms. The Labute approximate surface area is 208 Å². The molecule has 0 fully saturated rings. The molecule has 3 rings (SSSR count). The van der Waals surface area contributed by atoms with Gasteiger partial charge in [-0.25, -0.2) is 4.98 Å². The van der Waals surface area contributed by atoms with Gasteiger partial charge in [-0.1, -0.05) is 24.3 Å². The van der Waals surface area contributed by atoms with Gasteiger partial charge in [0.1, 0.15) is 22.5 Å². The molecule has 1 heterocycles. The Kier molecular flexibility index (Phi) is 9.84. The predicted molar refractivity (Wildman–Crippen MR) is 141 cm³/mol. The van der Waals surface area contributed by atoms with E-state index in [9.17, 15) is 4.79 Å². The maximum absolute atomic E-state index is 12.7. The van der Waals surface area contributed by atoms with Gasteiger partial charge in [-0.3, -0.25) is 4.79 Å². The van der Waals surface area contributed by atoms with Crippen molar-refractivity contribution in [3.63, 3.8) is 0 Å². The number of hydrogen-bond donors (Lipinski definition) is 1. The topological polar surface area (TPSA) is 60.5 Å². The molecule has 0 aliphatic rings. The number of rotatable bonds is 11. The van der Waals surface area contributed by atoms with E-state index in [0.717, 1.165) is 44.1 Å². The predicted octanol–water partition coefficient (Wildman–Crippen LogP) is 6.29. The van der Waals surface area contributed by atoms with Crippen molar-refractivity contribution in [2.45, 2.75) is 29.0 Å². The number of methoxy groups -OCH3 is 1. The number of nitrogens with one attached hydrogen (secondary N) is 1. The minimum atomic E-state index is -0.0602. The molecule has 3 aromatic rings. The molecule has 1 N–H and O–H groups in total. The second kappa shape index (κ2) is 12.8. The van der Waals surface area contributed by atoms with Gasteiger partial charge in [0.15, 0.2) is 0 Å². The number of thioether (sulfide) groups is 3. The maximum Gasteiger partial charge on any atom is 0.228 e. The van der Waals surface area contributed by atoms with Crippen LogP contribution in [0.25, 0.3) is 0 Å². The molecule has 174 valence electrons. The first kappa shape index (κ1) is 25.3. The summed E-state index contributed by atoms with van der Waals surface area (Å²) in [7, 11) is 1.67. The lowest BCUT2D eigenvalue weighted by Crippen LogP contribution is -2.16. The summed E-state index contributed by atoms with van der Waals surface area (Å²) < 4.78 is 11.0. The van der Waals surface area contributed by atoms with E-state index in [0.29, 0.717) is 12.4 Å². The summed E-state index contributed by atoms with van der Waals surface area (Å²) >= 11 is 4.84. The Morgan fingerprint density at radius 3 is 2.27 bits per heavy atom. The van der Waals surface area contributed by atoms with Crippen LogP contribution in [0.15, 0.2) is 64.5 Å². The number of anilines is 1. The molecule has 8 heteroatoms. The fourth-order valence-electron chi connectivity index (χ4n) is 3.10. The molecule has 0 saturated heterocycles. The third-order valence-corrected chi connectivity index (χ3v) is 7.05. The number of aromatic nitrogens is 1. The Hall–Kier alpha value is -2.29. The second-order valence-corrected chi connectivity index (χ2v) is 9.75. The quantitative estimate of drug-likeness (QED) is 0.188. The van der Waals surface area contributed by atoms with Crippen LogP contribution in [-0.2, 0) is 17.0 Å². The van der Waals surface area contributed by atoms with Crippen molar-refractivity contribution >= 4 is 46.9 Å². The van der Waals surface area contributed by atoms with Crippen molar-refractivity contribution in [3.05, 3.63) is 71.4 Å². The summed E-state index contributed by atoms with van der Waals surface area (Å²) in [6, 6.07) is 17.7. The van der Waals surface area contributed by atoms with Gasteiger partial charge in [0.05, 0.1) is 19.2 Å². The molecule has 1 aromatic heterocycles. The molecule has 0 atom stereocenters. The molecule has 0 spiro atoms. The van der Waals surface area contributed by atoms with Gasteiger partial charge >= 0.3 is 0 Å². The van der Waals surface area contributed by atoms with Crippen LogP contribution in [0.5, 0.6) is 11.5 Å². The molecule has 2 aromatic carbocycles. The van der Waals surface area contributed by atoms with Gasteiger partial charge in [-0.05, 0) is 60.9 Å². The molecular weight excluding hydrogens is 472 g/mol. The van der Waals surface area contributed by atoms with Crippen LogP contribution in [0.3, 0.4) is 0 Å². The second-order valence-electron chi connectivity index (χ2n) is 7.18. The van der Waals surface area contributed by atoms with E-state index in [1.807, 2.05) is 61.9 Å². The summed E-state index contributed by atoms with van der Waals surface area (Å²) in [5.74, 6) is 3.01. The van der Waals surface area contributed by atoms with Crippen LogP contribution < -0.4 is 14.8 Å². The van der Waals surface area contributed by atoms with Crippen molar-refractivity contribution in [2.75, 3.05) is 30.9 Å². The Morgan fingerprint density at radius 2 is 1.64 bits per heavy atom. The highest BCUT2D eigenvalue weighted by atomic mass is 32.2. The van der Waals surface area contributed by atoms with Crippen molar-refractivity contribution in [3.8, 4) is 11.5 Å². The number of carbonyl (C=O) groups excluding carboxylic acids is 1. The molecule has 0 radical (unpaired) electrons. The molecular formula is C25H28N2O3S3. The van der Waals surface area contributed by atoms with Crippen LogP contribution >= 0.6 is 35.3 Å². The van der Waals surface area contributed by atoms with Gasteiger partial charge < -0.3 is 14.8 Å². The zero-order chi connectivity index (χ0) is 23.6. The number of ether oxygens (including phenoxy) is 2. The largest absolute Gasteiger partial charge is 0.497 e. The molecule has 1 amide bonds. The minimum absolute atomic E-state index is 0.0602.